The maximum absolute atomic E-state index is 11.0. The highest BCUT2D eigenvalue weighted by molar-refractivity contribution is 5.89. The SMILES string of the molecule is Cc1ccc(C(=O)O)c(C(O)C(O)CCN)c1. The summed E-state index contributed by atoms with van der Waals surface area (Å²) in [7, 11) is 0. The lowest BCUT2D eigenvalue weighted by atomic mass is 9.95. The molecule has 1 rings (SSSR count). The van der Waals surface area contributed by atoms with E-state index >= 15 is 0 Å². The van der Waals surface area contributed by atoms with Gasteiger partial charge in [0.1, 0.15) is 6.10 Å². The van der Waals surface area contributed by atoms with Crippen LogP contribution in [-0.2, 0) is 0 Å². The molecule has 0 fully saturated rings. The fourth-order valence-corrected chi connectivity index (χ4v) is 1.66. The third-order valence-corrected chi connectivity index (χ3v) is 2.58. The summed E-state index contributed by atoms with van der Waals surface area (Å²) in [5.41, 5.74) is 6.33. The highest BCUT2D eigenvalue weighted by Gasteiger charge is 2.23. The zero-order valence-electron chi connectivity index (χ0n) is 9.63. The molecule has 1 aromatic rings. The van der Waals surface area contributed by atoms with Gasteiger partial charge in [0.05, 0.1) is 11.7 Å². The number of carboxylic acid groups (broad SMARTS) is 1. The summed E-state index contributed by atoms with van der Waals surface area (Å²) in [5.74, 6) is -1.13. The Balaban J connectivity index is 3.10. The number of hydrogen-bond donors (Lipinski definition) is 4. The quantitative estimate of drug-likeness (QED) is 0.596. The van der Waals surface area contributed by atoms with E-state index < -0.39 is 18.2 Å². The lowest BCUT2D eigenvalue weighted by Crippen LogP contribution is -2.23. The van der Waals surface area contributed by atoms with Gasteiger partial charge in [-0.05, 0) is 31.5 Å². The molecule has 17 heavy (non-hydrogen) atoms. The normalized spacial score (nSPS) is 14.4. The van der Waals surface area contributed by atoms with Crippen molar-refractivity contribution in [2.45, 2.75) is 25.6 Å². The van der Waals surface area contributed by atoms with Gasteiger partial charge < -0.3 is 21.1 Å². The molecule has 0 aromatic heterocycles. The van der Waals surface area contributed by atoms with Crippen molar-refractivity contribution >= 4 is 5.97 Å². The van der Waals surface area contributed by atoms with Crippen LogP contribution in [-0.4, -0.2) is 33.9 Å². The average molecular weight is 239 g/mol. The highest BCUT2D eigenvalue weighted by Crippen LogP contribution is 2.24. The van der Waals surface area contributed by atoms with Crippen LogP contribution in [0.5, 0.6) is 0 Å². The average Bonchev–Trinajstić information content (AvgIpc) is 2.27. The molecule has 1 aromatic carbocycles. The van der Waals surface area contributed by atoms with E-state index in [0.717, 1.165) is 5.56 Å². The van der Waals surface area contributed by atoms with Crippen LogP contribution in [0, 0.1) is 6.92 Å². The van der Waals surface area contributed by atoms with Crippen molar-refractivity contribution in [2.24, 2.45) is 5.73 Å². The zero-order valence-corrected chi connectivity index (χ0v) is 9.63. The smallest absolute Gasteiger partial charge is 0.336 e. The van der Waals surface area contributed by atoms with Gasteiger partial charge in [-0.2, -0.15) is 0 Å². The number of aromatic carboxylic acids is 1. The summed E-state index contributed by atoms with van der Waals surface area (Å²) in [5, 5.41) is 28.6. The van der Waals surface area contributed by atoms with Crippen LogP contribution in [0.3, 0.4) is 0 Å². The number of hydrogen-bond acceptors (Lipinski definition) is 4. The third kappa shape index (κ3) is 3.26. The minimum atomic E-state index is -1.23. The topological polar surface area (TPSA) is 104 Å². The van der Waals surface area contributed by atoms with Crippen molar-refractivity contribution in [1.82, 2.24) is 0 Å². The third-order valence-electron chi connectivity index (χ3n) is 2.58. The van der Waals surface area contributed by atoms with Crippen molar-refractivity contribution in [2.75, 3.05) is 6.54 Å². The van der Waals surface area contributed by atoms with E-state index in [1.54, 1.807) is 19.1 Å². The second kappa shape index (κ2) is 5.77. The molecule has 0 radical (unpaired) electrons. The van der Waals surface area contributed by atoms with Gasteiger partial charge in [0, 0.05) is 0 Å². The van der Waals surface area contributed by atoms with Crippen molar-refractivity contribution in [3.63, 3.8) is 0 Å². The van der Waals surface area contributed by atoms with Gasteiger partial charge in [-0.3, -0.25) is 0 Å². The Morgan fingerprint density at radius 2 is 2.06 bits per heavy atom. The minimum Gasteiger partial charge on any atom is -0.478 e. The Morgan fingerprint density at radius 1 is 1.41 bits per heavy atom. The van der Waals surface area contributed by atoms with Crippen molar-refractivity contribution in [1.29, 1.82) is 0 Å². The summed E-state index contributed by atoms with van der Waals surface area (Å²) < 4.78 is 0. The first-order valence-corrected chi connectivity index (χ1v) is 5.37. The summed E-state index contributed by atoms with van der Waals surface area (Å²) in [4.78, 5) is 11.0. The standard InChI is InChI=1S/C12H17NO4/c1-7-2-3-8(12(16)17)9(6-7)11(15)10(14)4-5-13/h2-3,6,10-11,14-15H,4-5,13H2,1H3,(H,16,17). The first kappa shape index (κ1) is 13.6. The molecule has 0 saturated carbocycles. The number of nitrogens with two attached hydrogens (primary N) is 1. The molecule has 0 aliphatic heterocycles. The lowest BCUT2D eigenvalue weighted by molar-refractivity contribution is 0.0140. The van der Waals surface area contributed by atoms with Crippen molar-refractivity contribution < 1.29 is 20.1 Å². The molecule has 0 aliphatic carbocycles. The van der Waals surface area contributed by atoms with E-state index in [2.05, 4.69) is 0 Å². The molecule has 5 nitrogen and oxygen atoms in total. The summed E-state index contributed by atoms with van der Waals surface area (Å²) in [6.45, 7) is 2.02. The Labute approximate surface area is 99.5 Å². The van der Waals surface area contributed by atoms with E-state index in [9.17, 15) is 15.0 Å². The maximum Gasteiger partial charge on any atom is 0.336 e. The molecule has 2 unspecified atom stereocenters. The van der Waals surface area contributed by atoms with Crippen LogP contribution >= 0.6 is 0 Å². The fourth-order valence-electron chi connectivity index (χ4n) is 1.66. The molecule has 0 spiro atoms. The molecular weight excluding hydrogens is 222 g/mol. The molecule has 5 N–H and O–H groups in total. The molecule has 0 amide bonds. The van der Waals surface area contributed by atoms with Gasteiger partial charge in [0.15, 0.2) is 0 Å². The second-order valence-corrected chi connectivity index (χ2v) is 3.99. The molecule has 0 heterocycles. The predicted octanol–water partition coefficient (Wildman–Crippen LogP) is 0.436. The van der Waals surface area contributed by atoms with Gasteiger partial charge in [-0.25, -0.2) is 4.79 Å². The molecule has 5 heteroatoms. The molecule has 0 saturated heterocycles. The Bertz CT molecular complexity index is 405. The number of carboxylic acids is 1. The Hall–Kier alpha value is -1.43. The van der Waals surface area contributed by atoms with Gasteiger partial charge in [0.2, 0.25) is 0 Å². The second-order valence-electron chi connectivity index (χ2n) is 3.99. The van der Waals surface area contributed by atoms with Gasteiger partial charge in [0.25, 0.3) is 0 Å². The Kier molecular flexibility index (Phi) is 4.62. The van der Waals surface area contributed by atoms with Crippen molar-refractivity contribution in [3.05, 3.63) is 34.9 Å². The monoisotopic (exact) mass is 239 g/mol. The molecular formula is C12H17NO4. The minimum absolute atomic E-state index is 0.000767. The van der Waals surface area contributed by atoms with Crippen LogP contribution in [0.15, 0.2) is 18.2 Å². The molecule has 0 aliphatic rings. The summed E-state index contributed by atoms with van der Waals surface area (Å²) in [6, 6.07) is 4.63. The summed E-state index contributed by atoms with van der Waals surface area (Å²) in [6.07, 6.45) is -2.07. The number of carbonyl (C=O) groups is 1. The Morgan fingerprint density at radius 3 is 2.59 bits per heavy atom. The van der Waals surface area contributed by atoms with E-state index in [0.29, 0.717) is 0 Å². The molecule has 94 valence electrons. The molecule has 2 atom stereocenters. The lowest BCUT2D eigenvalue weighted by Gasteiger charge is -2.19. The highest BCUT2D eigenvalue weighted by atomic mass is 16.4. The van der Waals surface area contributed by atoms with Crippen LogP contribution in [0.25, 0.3) is 0 Å². The van der Waals surface area contributed by atoms with E-state index in [1.807, 2.05) is 0 Å². The fraction of sp³-hybridized carbons (Fsp3) is 0.417. The number of benzene rings is 1. The number of aliphatic hydroxyl groups is 2. The van der Waals surface area contributed by atoms with Crippen LogP contribution in [0.4, 0.5) is 0 Å². The first-order valence-electron chi connectivity index (χ1n) is 5.37. The first-order chi connectivity index (χ1) is 7.97. The van der Waals surface area contributed by atoms with Gasteiger partial charge in [-0.1, -0.05) is 17.7 Å². The van der Waals surface area contributed by atoms with E-state index in [-0.39, 0.29) is 24.1 Å². The number of rotatable bonds is 5. The van der Waals surface area contributed by atoms with Gasteiger partial charge >= 0.3 is 5.97 Å². The molecule has 0 bridgehead atoms. The largest absolute Gasteiger partial charge is 0.478 e. The summed E-state index contributed by atoms with van der Waals surface area (Å²) >= 11 is 0. The zero-order chi connectivity index (χ0) is 13.0. The number of aryl methyl sites for hydroxylation is 1. The van der Waals surface area contributed by atoms with E-state index in [1.165, 1.54) is 6.07 Å². The van der Waals surface area contributed by atoms with Crippen LogP contribution in [0.2, 0.25) is 0 Å². The predicted molar refractivity (Wildman–Crippen MR) is 62.8 cm³/mol. The van der Waals surface area contributed by atoms with Gasteiger partial charge in [-0.15, -0.1) is 0 Å². The van der Waals surface area contributed by atoms with Crippen LogP contribution < -0.4 is 5.73 Å². The van der Waals surface area contributed by atoms with E-state index in [4.69, 9.17) is 10.8 Å². The number of aliphatic hydroxyl groups excluding tert-OH is 2. The maximum atomic E-state index is 11.0. The van der Waals surface area contributed by atoms with Crippen molar-refractivity contribution in [3.8, 4) is 0 Å². The van der Waals surface area contributed by atoms with Crippen LogP contribution in [0.1, 0.15) is 34.0 Å².